The monoisotopic (exact) mass is 293 g/mol. The van der Waals surface area contributed by atoms with E-state index in [9.17, 15) is 14.9 Å². The number of rotatable bonds is 6. The highest BCUT2D eigenvalue weighted by atomic mass is 16.7. The molecule has 0 unspecified atom stereocenters. The maximum absolute atomic E-state index is 11.4. The zero-order chi connectivity index (χ0) is 15.2. The fourth-order valence-corrected chi connectivity index (χ4v) is 1.78. The minimum absolute atomic E-state index is 0.0286. The number of nitro groups is 1. The molecule has 112 valence electrons. The van der Waals surface area contributed by atoms with Crippen LogP contribution in [0.2, 0.25) is 0 Å². The number of nitrogens with one attached hydrogen (secondary N) is 1. The molecule has 2 rings (SSSR count). The van der Waals surface area contributed by atoms with Gasteiger partial charge in [-0.15, -0.1) is 0 Å². The number of ether oxygens (including phenoxy) is 2. The van der Waals surface area contributed by atoms with E-state index in [-0.39, 0.29) is 24.0 Å². The first kappa shape index (κ1) is 14.8. The van der Waals surface area contributed by atoms with E-state index in [4.69, 9.17) is 9.47 Å². The molecule has 1 heterocycles. The van der Waals surface area contributed by atoms with Gasteiger partial charge in [0.15, 0.2) is 11.5 Å². The van der Waals surface area contributed by atoms with Gasteiger partial charge in [-0.2, -0.15) is 5.10 Å². The highest BCUT2D eigenvalue weighted by Crippen LogP contribution is 2.37. The fraction of sp³-hybridized carbons (Fsp3) is 0.385. The zero-order valence-electron chi connectivity index (χ0n) is 11.5. The van der Waals surface area contributed by atoms with Crippen molar-refractivity contribution in [1.29, 1.82) is 0 Å². The molecule has 0 saturated carbocycles. The molecule has 0 saturated heterocycles. The van der Waals surface area contributed by atoms with Gasteiger partial charge in [-0.25, -0.2) is 5.43 Å². The second-order valence-electron chi connectivity index (χ2n) is 4.42. The molecule has 0 spiro atoms. The summed E-state index contributed by atoms with van der Waals surface area (Å²) in [6, 6.07) is 2.74. The Bertz CT molecular complexity index is 585. The molecule has 1 aliphatic rings. The summed E-state index contributed by atoms with van der Waals surface area (Å²) >= 11 is 0. The molecule has 0 aliphatic carbocycles. The van der Waals surface area contributed by atoms with Gasteiger partial charge in [-0.3, -0.25) is 14.9 Å². The normalized spacial score (nSPS) is 12.6. The molecular formula is C13H15N3O5. The SMILES string of the molecule is CCCCC(=O)N/N=C/c1cc2c(cc1[N+](=O)[O-])OCO2. The van der Waals surface area contributed by atoms with Crippen LogP contribution in [-0.4, -0.2) is 23.8 Å². The molecule has 8 nitrogen and oxygen atoms in total. The maximum atomic E-state index is 11.4. The first-order valence-electron chi connectivity index (χ1n) is 6.51. The second-order valence-corrected chi connectivity index (χ2v) is 4.42. The van der Waals surface area contributed by atoms with Crippen LogP contribution in [0.1, 0.15) is 31.7 Å². The predicted octanol–water partition coefficient (Wildman–Crippen LogP) is 1.96. The average Bonchev–Trinajstić information content (AvgIpc) is 2.91. The van der Waals surface area contributed by atoms with Crippen LogP contribution in [0.3, 0.4) is 0 Å². The van der Waals surface area contributed by atoms with Gasteiger partial charge in [-0.05, 0) is 12.5 Å². The summed E-state index contributed by atoms with van der Waals surface area (Å²) in [6.45, 7) is 2.01. The summed E-state index contributed by atoms with van der Waals surface area (Å²) in [5.74, 6) is 0.515. The zero-order valence-corrected chi connectivity index (χ0v) is 11.5. The van der Waals surface area contributed by atoms with Crippen molar-refractivity contribution < 1.29 is 19.2 Å². The van der Waals surface area contributed by atoms with Crippen LogP contribution >= 0.6 is 0 Å². The number of amides is 1. The fourth-order valence-electron chi connectivity index (χ4n) is 1.78. The van der Waals surface area contributed by atoms with Crippen molar-refractivity contribution in [3.05, 3.63) is 27.8 Å². The maximum Gasteiger partial charge on any atom is 0.282 e. The lowest BCUT2D eigenvalue weighted by Crippen LogP contribution is -2.16. The molecule has 1 N–H and O–H groups in total. The van der Waals surface area contributed by atoms with Gasteiger partial charge >= 0.3 is 0 Å². The van der Waals surface area contributed by atoms with Crippen molar-refractivity contribution in [2.24, 2.45) is 5.10 Å². The Morgan fingerprint density at radius 1 is 1.48 bits per heavy atom. The number of benzene rings is 1. The number of nitrogens with zero attached hydrogens (tertiary/aromatic N) is 2. The number of carbonyl (C=O) groups is 1. The van der Waals surface area contributed by atoms with Crippen LogP contribution < -0.4 is 14.9 Å². The molecule has 0 fully saturated rings. The highest BCUT2D eigenvalue weighted by molar-refractivity contribution is 5.88. The summed E-state index contributed by atoms with van der Waals surface area (Å²) in [5, 5.41) is 14.8. The van der Waals surface area contributed by atoms with Crippen LogP contribution in [-0.2, 0) is 4.79 Å². The Kier molecular flexibility index (Phi) is 4.70. The van der Waals surface area contributed by atoms with Crippen LogP contribution in [0.25, 0.3) is 0 Å². The summed E-state index contributed by atoms with van der Waals surface area (Å²) in [6.07, 6.45) is 3.28. The number of nitro benzene ring substituents is 1. The van der Waals surface area contributed by atoms with Gasteiger partial charge in [-0.1, -0.05) is 13.3 Å². The van der Waals surface area contributed by atoms with Crippen molar-refractivity contribution in [3.8, 4) is 11.5 Å². The Labute approximate surface area is 120 Å². The topological polar surface area (TPSA) is 103 Å². The number of hydrazone groups is 1. The summed E-state index contributed by atoms with van der Waals surface area (Å²) in [5.41, 5.74) is 2.41. The molecule has 1 aromatic carbocycles. The third-order valence-electron chi connectivity index (χ3n) is 2.87. The second kappa shape index (κ2) is 6.69. The molecule has 0 aromatic heterocycles. The number of hydrogen-bond donors (Lipinski definition) is 1. The van der Waals surface area contributed by atoms with Crippen LogP contribution in [0, 0.1) is 10.1 Å². The van der Waals surface area contributed by atoms with Crippen LogP contribution in [0.4, 0.5) is 5.69 Å². The van der Waals surface area contributed by atoms with E-state index in [1.54, 1.807) is 0 Å². The van der Waals surface area contributed by atoms with E-state index in [0.29, 0.717) is 17.9 Å². The van der Waals surface area contributed by atoms with E-state index in [0.717, 1.165) is 12.8 Å². The third-order valence-corrected chi connectivity index (χ3v) is 2.87. The van der Waals surface area contributed by atoms with Gasteiger partial charge in [0.25, 0.3) is 5.69 Å². The predicted molar refractivity (Wildman–Crippen MR) is 74.5 cm³/mol. The van der Waals surface area contributed by atoms with Crippen molar-refractivity contribution >= 4 is 17.8 Å². The van der Waals surface area contributed by atoms with E-state index < -0.39 is 4.92 Å². The molecule has 0 radical (unpaired) electrons. The standard InChI is InChI=1S/C13H15N3O5/c1-2-3-4-13(17)15-14-7-9-5-11-12(21-8-20-11)6-10(9)16(18)19/h5-7H,2-4,8H2,1H3,(H,15,17)/b14-7+. The minimum Gasteiger partial charge on any atom is -0.454 e. The van der Waals surface area contributed by atoms with E-state index in [1.165, 1.54) is 18.3 Å². The number of fused-ring (bicyclic) bond motifs is 1. The van der Waals surface area contributed by atoms with E-state index in [1.807, 2.05) is 6.92 Å². The smallest absolute Gasteiger partial charge is 0.282 e. The van der Waals surface area contributed by atoms with Gasteiger partial charge in [0.1, 0.15) is 0 Å². The first-order chi connectivity index (χ1) is 10.1. The molecule has 1 aromatic rings. The third kappa shape index (κ3) is 3.68. The Morgan fingerprint density at radius 2 is 2.19 bits per heavy atom. The molecule has 1 amide bonds. The minimum atomic E-state index is -0.539. The first-order valence-corrected chi connectivity index (χ1v) is 6.51. The van der Waals surface area contributed by atoms with E-state index in [2.05, 4.69) is 10.5 Å². The van der Waals surface area contributed by atoms with Crippen LogP contribution in [0.15, 0.2) is 17.2 Å². The summed E-state index contributed by atoms with van der Waals surface area (Å²) in [4.78, 5) is 21.9. The molecular weight excluding hydrogens is 278 g/mol. The number of unbranched alkanes of at least 4 members (excludes halogenated alkanes) is 1. The molecule has 0 bridgehead atoms. The highest BCUT2D eigenvalue weighted by Gasteiger charge is 2.22. The Hall–Kier alpha value is -2.64. The Balaban J connectivity index is 2.12. The summed E-state index contributed by atoms with van der Waals surface area (Å²) < 4.78 is 10.3. The molecule has 0 atom stereocenters. The lowest BCUT2D eigenvalue weighted by Gasteiger charge is -2.01. The Morgan fingerprint density at radius 3 is 2.86 bits per heavy atom. The molecule has 8 heteroatoms. The van der Waals surface area contributed by atoms with Crippen molar-refractivity contribution in [2.75, 3.05) is 6.79 Å². The van der Waals surface area contributed by atoms with Gasteiger partial charge in [0.05, 0.1) is 22.8 Å². The lowest BCUT2D eigenvalue weighted by molar-refractivity contribution is -0.385. The molecule has 21 heavy (non-hydrogen) atoms. The largest absolute Gasteiger partial charge is 0.454 e. The summed E-state index contributed by atoms with van der Waals surface area (Å²) in [7, 11) is 0. The average molecular weight is 293 g/mol. The van der Waals surface area contributed by atoms with E-state index >= 15 is 0 Å². The molecule has 1 aliphatic heterocycles. The van der Waals surface area contributed by atoms with Gasteiger partial charge in [0.2, 0.25) is 12.7 Å². The van der Waals surface area contributed by atoms with Crippen molar-refractivity contribution in [2.45, 2.75) is 26.2 Å². The number of hydrogen-bond acceptors (Lipinski definition) is 6. The van der Waals surface area contributed by atoms with Gasteiger partial charge < -0.3 is 9.47 Å². The number of carbonyl (C=O) groups excluding carboxylic acids is 1. The lowest BCUT2D eigenvalue weighted by atomic mass is 10.1. The quantitative estimate of drug-likeness (QED) is 0.490. The van der Waals surface area contributed by atoms with Crippen LogP contribution in [0.5, 0.6) is 11.5 Å². The van der Waals surface area contributed by atoms with Crippen molar-refractivity contribution in [3.63, 3.8) is 0 Å². The van der Waals surface area contributed by atoms with Gasteiger partial charge in [0, 0.05) is 6.42 Å². The van der Waals surface area contributed by atoms with Crippen molar-refractivity contribution in [1.82, 2.24) is 5.43 Å².